The fraction of sp³-hybridized carbons (Fsp3) is 0.375. The summed E-state index contributed by atoms with van der Waals surface area (Å²) in [6.45, 7) is 5.98. The number of ether oxygens (including phenoxy) is 1. The highest BCUT2D eigenvalue weighted by Crippen LogP contribution is 2.22. The van der Waals surface area contributed by atoms with E-state index in [1.807, 2.05) is 29.6 Å². The fourth-order valence-electron chi connectivity index (χ4n) is 2.02. The maximum Gasteiger partial charge on any atom is 0.318 e. The topological polar surface area (TPSA) is 138 Å². The van der Waals surface area contributed by atoms with Crippen molar-refractivity contribution in [3.8, 4) is 5.75 Å². The predicted octanol–water partition coefficient (Wildman–Crippen LogP) is 1.37. The van der Waals surface area contributed by atoms with E-state index in [0.717, 1.165) is 11.8 Å². The third kappa shape index (κ3) is 5.12. The lowest BCUT2D eigenvalue weighted by molar-refractivity contribution is -0.119. The number of carbonyl (C=O) groups is 2. The first-order valence-corrected chi connectivity index (χ1v) is 8.85. The molecule has 0 unspecified atom stereocenters. The Morgan fingerprint density at radius 3 is 2.46 bits per heavy atom. The van der Waals surface area contributed by atoms with Crippen LogP contribution in [-0.4, -0.2) is 32.1 Å². The van der Waals surface area contributed by atoms with E-state index in [0.29, 0.717) is 22.6 Å². The van der Waals surface area contributed by atoms with Crippen molar-refractivity contribution >= 4 is 23.7 Å². The summed E-state index contributed by atoms with van der Waals surface area (Å²) in [5.41, 5.74) is 6.15. The molecule has 0 fully saturated rings. The zero-order valence-electron chi connectivity index (χ0n) is 14.8. The molecule has 3 amide bonds. The summed E-state index contributed by atoms with van der Waals surface area (Å²) in [6.07, 6.45) is 0. The van der Waals surface area contributed by atoms with Gasteiger partial charge in [-0.05, 0) is 30.5 Å². The summed E-state index contributed by atoms with van der Waals surface area (Å²) >= 11 is 1.06. The van der Waals surface area contributed by atoms with Crippen molar-refractivity contribution in [1.29, 1.82) is 0 Å². The molecule has 1 aromatic carbocycles. The molecule has 2 rings (SSSR count). The van der Waals surface area contributed by atoms with Crippen molar-refractivity contribution in [2.75, 3.05) is 5.84 Å². The van der Waals surface area contributed by atoms with Gasteiger partial charge in [-0.25, -0.2) is 9.47 Å². The summed E-state index contributed by atoms with van der Waals surface area (Å²) in [5.74, 6) is 6.96. The number of nitrogens with one attached hydrogen (secondary N) is 1. The molecule has 26 heavy (non-hydrogen) atoms. The highest BCUT2D eigenvalue weighted by molar-refractivity contribution is 8.00. The van der Waals surface area contributed by atoms with Crippen molar-refractivity contribution < 1.29 is 14.3 Å². The van der Waals surface area contributed by atoms with Crippen LogP contribution in [0.15, 0.2) is 29.4 Å². The zero-order chi connectivity index (χ0) is 19.3. The van der Waals surface area contributed by atoms with E-state index in [-0.39, 0.29) is 6.61 Å². The summed E-state index contributed by atoms with van der Waals surface area (Å²) < 4.78 is 6.92. The molecule has 1 aromatic heterocycles. The highest BCUT2D eigenvalue weighted by atomic mass is 32.2. The monoisotopic (exact) mass is 378 g/mol. The molecule has 0 radical (unpaired) electrons. The number of hydrogen-bond acceptors (Lipinski definition) is 7. The Morgan fingerprint density at radius 1 is 1.23 bits per heavy atom. The third-order valence-corrected chi connectivity index (χ3v) is 4.60. The average Bonchev–Trinajstić information content (AvgIpc) is 2.92. The summed E-state index contributed by atoms with van der Waals surface area (Å²) in [6, 6.07) is 6.88. The van der Waals surface area contributed by atoms with Gasteiger partial charge in [0.05, 0.1) is 5.25 Å². The Labute approximate surface area is 155 Å². The number of urea groups is 1. The van der Waals surface area contributed by atoms with E-state index in [1.54, 1.807) is 6.92 Å². The van der Waals surface area contributed by atoms with Gasteiger partial charge in [0, 0.05) is 0 Å². The quantitative estimate of drug-likeness (QED) is 0.488. The minimum absolute atomic E-state index is 0.132. The molecule has 0 saturated carbocycles. The number of nitrogen functional groups attached to an aromatic ring is 1. The van der Waals surface area contributed by atoms with Gasteiger partial charge in [0.15, 0.2) is 5.82 Å². The van der Waals surface area contributed by atoms with Gasteiger partial charge in [-0.1, -0.05) is 37.7 Å². The molecule has 0 spiro atoms. The summed E-state index contributed by atoms with van der Waals surface area (Å²) in [4.78, 5) is 22.4. The van der Waals surface area contributed by atoms with Gasteiger partial charge in [0.25, 0.3) is 0 Å². The van der Waals surface area contributed by atoms with Crippen LogP contribution in [0.3, 0.4) is 0 Å². The van der Waals surface area contributed by atoms with Crippen molar-refractivity contribution in [2.45, 2.75) is 43.7 Å². The predicted molar refractivity (Wildman–Crippen MR) is 98.1 cm³/mol. The van der Waals surface area contributed by atoms with E-state index in [2.05, 4.69) is 24.0 Å². The lowest BCUT2D eigenvalue weighted by atomic mass is 10.0. The number of amides is 3. The number of primary amides is 1. The smallest absolute Gasteiger partial charge is 0.318 e. The van der Waals surface area contributed by atoms with Gasteiger partial charge in [0.1, 0.15) is 12.4 Å². The SMILES string of the molecule is CC(C)c1ccc(OCc2nnc(S[C@@H](C)C(=O)NC(N)=O)n2N)cc1. The number of nitrogens with zero attached hydrogens (tertiary/aromatic N) is 3. The van der Waals surface area contributed by atoms with Crippen LogP contribution in [-0.2, 0) is 11.4 Å². The lowest BCUT2D eigenvalue weighted by Crippen LogP contribution is -2.39. The molecule has 0 bridgehead atoms. The van der Waals surface area contributed by atoms with Crippen LogP contribution in [0.5, 0.6) is 5.75 Å². The van der Waals surface area contributed by atoms with Crippen LogP contribution >= 0.6 is 11.8 Å². The number of rotatable bonds is 7. The van der Waals surface area contributed by atoms with E-state index in [9.17, 15) is 9.59 Å². The zero-order valence-corrected chi connectivity index (χ0v) is 15.6. The van der Waals surface area contributed by atoms with Gasteiger partial charge >= 0.3 is 6.03 Å². The number of benzene rings is 1. The fourth-order valence-corrected chi connectivity index (χ4v) is 2.81. The molecule has 1 heterocycles. The first kappa shape index (κ1) is 19.6. The molecule has 9 nitrogen and oxygen atoms in total. The highest BCUT2D eigenvalue weighted by Gasteiger charge is 2.20. The number of thioether (sulfide) groups is 1. The molecule has 5 N–H and O–H groups in total. The molecule has 0 aliphatic carbocycles. The van der Waals surface area contributed by atoms with Crippen molar-refractivity contribution in [3.63, 3.8) is 0 Å². The largest absolute Gasteiger partial charge is 0.486 e. The normalized spacial score (nSPS) is 12.0. The van der Waals surface area contributed by atoms with E-state index < -0.39 is 17.2 Å². The van der Waals surface area contributed by atoms with Gasteiger partial charge in [-0.15, -0.1) is 10.2 Å². The summed E-state index contributed by atoms with van der Waals surface area (Å²) in [5, 5.41) is 9.62. The van der Waals surface area contributed by atoms with Crippen LogP contribution in [0.2, 0.25) is 0 Å². The second-order valence-corrected chi connectivity index (χ2v) is 7.20. The van der Waals surface area contributed by atoms with Gasteiger partial charge in [0.2, 0.25) is 11.1 Å². The molecular weight excluding hydrogens is 356 g/mol. The standard InChI is InChI=1S/C16H22N6O3S/c1-9(2)11-4-6-12(7-5-11)25-8-13-20-21-16(22(13)18)26-10(3)14(23)19-15(17)24/h4-7,9-10H,8,18H2,1-3H3,(H3,17,19,23,24)/t10-/m0/s1. The Hall–Kier alpha value is -2.75. The second kappa shape index (κ2) is 8.56. The molecular formula is C16H22N6O3S. The van der Waals surface area contributed by atoms with Crippen LogP contribution in [0.4, 0.5) is 4.79 Å². The average molecular weight is 378 g/mol. The van der Waals surface area contributed by atoms with E-state index in [4.69, 9.17) is 16.3 Å². The number of nitrogens with two attached hydrogens (primary N) is 2. The third-order valence-electron chi connectivity index (χ3n) is 3.55. The second-order valence-electron chi connectivity index (χ2n) is 5.89. The van der Waals surface area contributed by atoms with Crippen LogP contribution in [0.1, 0.15) is 38.1 Å². The first-order valence-electron chi connectivity index (χ1n) is 7.97. The Bertz CT molecular complexity index is 775. The lowest BCUT2D eigenvalue weighted by Gasteiger charge is -2.10. The number of hydrogen-bond donors (Lipinski definition) is 3. The molecule has 10 heteroatoms. The van der Waals surface area contributed by atoms with Gasteiger partial charge in [-0.2, -0.15) is 0 Å². The van der Waals surface area contributed by atoms with Crippen molar-refractivity contribution in [3.05, 3.63) is 35.7 Å². The van der Waals surface area contributed by atoms with Crippen LogP contribution in [0, 0.1) is 0 Å². The van der Waals surface area contributed by atoms with Crippen molar-refractivity contribution in [2.24, 2.45) is 5.73 Å². The Morgan fingerprint density at radius 2 is 1.88 bits per heavy atom. The number of imide groups is 1. The molecule has 1 atom stereocenters. The van der Waals surface area contributed by atoms with Crippen LogP contribution in [0.25, 0.3) is 0 Å². The van der Waals surface area contributed by atoms with E-state index in [1.165, 1.54) is 10.2 Å². The Kier molecular flexibility index (Phi) is 6.45. The molecule has 0 aliphatic rings. The minimum Gasteiger partial charge on any atom is -0.486 e. The number of carbonyl (C=O) groups excluding carboxylic acids is 2. The Balaban J connectivity index is 1.95. The molecule has 2 aromatic rings. The van der Waals surface area contributed by atoms with Crippen LogP contribution < -0.4 is 21.6 Å². The maximum absolute atomic E-state index is 11.7. The molecule has 0 saturated heterocycles. The first-order chi connectivity index (χ1) is 12.3. The molecule has 140 valence electrons. The van der Waals surface area contributed by atoms with Gasteiger partial charge in [-0.3, -0.25) is 10.1 Å². The summed E-state index contributed by atoms with van der Waals surface area (Å²) in [7, 11) is 0. The minimum atomic E-state index is -0.908. The van der Waals surface area contributed by atoms with Gasteiger partial charge < -0.3 is 16.3 Å². The number of aromatic nitrogens is 3. The maximum atomic E-state index is 11.7. The van der Waals surface area contributed by atoms with Crippen molar-refractivity contribution in [1.82, 2.24) is 20.2 Å². The molecule has 0 aliphatic heterocycles. The van der Waals surface area contributed by atoms with E-state index >= 15 is 0 Å².